The smallest absolute Gasteiger partial charge is 0.246 e. The maximum atomic E-state index is 15.4. The number of H-pyrrole nitrogens is 2. The fourth-order valence-electron chi connectivity index (χ4n) is 12.9. The molecule has 4 aromatic carbocycles. The number of aromatic amines is 2. The van der Waals surface area contributed by atoms with Gasteiger partial charge in [0.25, 0.3) is 0 Å². The highest BCUT2D eigenvalue weighted by Crippen LogP contribution is 2.32. The lowest BCUT2D eigenvalue weighted by Gasteiger charge is -2.37. The molecule has 0 aliphatic carbocycles. The number of halogens is 3. The average molecular weight is 1420 g/mol. The number of benzene rings is 4. The van der Waals surface area contributed by atoms with E-state index in [0.29, 0.717) is 81.2 Å². The summed E-state index contributed by atoms with van der Waals surface area (Å²) in [7, 11) is 1.47. The minimum Gasteiger partial charge on any atom is -0.497 e. The van der Waals surface area contributed by atoms with Gasteiger partial charge >= 0.3 is 0 Å². The number of hydrogen-bond donors (Lipinski definition) is 12. The number of nitrogens with one attached hydrogen (secondary N) is 9. The Morgan fingerprint density at radius 1 is 0.670 bits per heavy atom. The van der Waals surface area contributed by atoms with Crippen molar-refractivity contribution in [1.29, 1.82) is 0 Å². The van der Waals surface area contributed by atoms with Gasteiger partial charge in [-0.15, -0.1) is 0 Å². The fourth-order valence-corrected chi connectivity index (χ4v) is 14.7. The lowest BCUT2D eigenvalue weighted by atomic mass is 9.95. The maximum Gasteiger partial charge on any atom is 0.246 e. The zero-order valence-corrected chi connectivity index (χ0v) is 57.7. The number of primary amides is 1. The molecule has 14 N–H and O–H groups in total. The van der Waals surface area contributed by atoms with Crippen LogP contribution in [-0.4, -0.2) is 182 Å². The molecule has 30 heteroatoms. The number of nitrogens with zero attached hydrogens (tertiary/aromatic N) is 2. The lowest BCUT2D eigenvalue weighted by Crippen LogP contribution is -2.64. The van der Waals surface area contributed by atoms with Crippen LogP contribution in [0.25, 0.3) is 21.8 Å². The van der Waals surface area contributed by atoms with Crippen LogP contribution in [0.5, 0.6) is 5.75 Å². The first-order valence-electron chi connectivity index (χ1n) is 33.3. The Hall–Kier alpha value is -9.13. The molecule has 100 heavy (non-hydrogen) atoms. The number of carbonyl (C=O) groups is 10. The molecule has 2 bridgehead atoms. The summed E-state index contributed by atoms with van der Waals surface area (Å²) in [6, 6.07) is 7.49. The Labute approximate surface area is 584 Å². The molecule has 536 valence electrons. The van der Waals surface area contributed by atoms with Crippen LogP contribution < -0.4 is 53.4 Å². The van der Waals surface area contributed by atoms with E-state index >= 15 is 18.8 Å². The third-order valence-electron chi connectivity index (χ3n) is 18.4. The molecule has 10 atom stereocenters. The van der Waals surface area contributed by atoms with Gasteiger partial charge in [-0.25, -0.2) is 13.2 Å². The van der Waals surface area contributed by atoms with Crippen molar-refractivity contribution in [3.63, 3.8) is 0 Å². The SMILES string of the molecule is COc1ccc(C[C@@H]2NC(=O)[C@H]([C@@H](C)O)NC(=O)[C@@H]3CCCN3C(=O)[C@H](Cc3c[nH]c4ccc(F)cc34)NC(=O)[C@H](Cc3c[nH]c4ccc(F)cc34)NC(=O)[C@@H](C)NC(=O)[C@H](CCCCN)NC(=O)CCSCc3cc(F)cc(c3)CSC[C@@H](C(N)=O)NC(=O)[C@]3(C)CCCN3C2=O)cc1. The van der Waals surface area contributed by atoms with E-state index in [-0.39, 0.29) is 87.5 Å². The van der Waals surface area contributed by atoms with E-state index in [0.717, 1.165) is 0 Å². The number of aromatic nitrogens is 2. The van der Waals surface area contributed by atoms with Crippen molar-refractivity contribution < 1.29 is 71.0 Å². The molecule has 9 rings (SSSR count). The second-order valence-electron chi connectivity index (χ2n) is 25.8. The standard InChI is InChI=1S/C70H86F3N13O12S2/c1-38-62(90)80-54(29-43-33-76-51-17-13-45(71)31-49(43)51)64(92)81-56(30-44-34-77-52-18-14-46(72)32-50(44)52)67(95)85-22-7-10-58(85)65(93)84-60(39(2)87)66(94)82-55(28-40-11-15-48(98-4)16-12-40)68(96)86-23-8-20-70(86,3)69(97)83-57(61(75)89)37-100-36-42-25-41(26-47(73)27-42)35-99-24-19-59(88)79-53(63(91)78-38)9-5-6-21-74/h11-18,25-27,31-34,38-39,53-58,60,76-77,87H,5-10,19-24,28-30,35-37,74H2,1-4H3,(H2,75,89)(H,78,91)(H,79,88)(H,80,90)(H,81,92)(H,82,94)(H,83,97)(H,84,93)/t38-,39-,53+,54+,55+,56+,57+,58+,60+,70+/m1/s1. The monoisotopic (exact) mass is 1420 g/mol. The number of aliphatic hydroxyl groups excluding tert-OH is 1. The number of fused-ring (bicyclic) bond motifs is 6. The number of aliphatic hydroxyl groups is 1. The van der Waals surface area contributed by atoms with Crippen LogP contribution in [0.1, 0.15) is 100.0 Å². The van der Waals surface area contributed by atoms with Crippen LogP contribution in [0.3, 0.4) is 0 Å². The molecule has 0 unspecified atom stereocenters. The fraction of sp³-hybridized carbons (Fsp3) is 0.457. The van der Waals surface area contributed by atoms with Gasteiger partial charge in [-0.1, -0.05) is 18.2 Å². The molecule has 2 fully saturated rings. The summed E-state index contributed by atoms with van der Waals surface area (Å²) in [4.78, 5) is 154. The van der Waals surface area contributed by atoms with Crippen molar-refractivity contribution in [2.45, 2.75) is 163 Å². The molecule has 3 aliphatic heterocycles. The highest BCUT2D eigenvalue weighted by Gasteiger charge is 2.49. The number of amides is 10. The van der Waals surface area contributed by atoms with Crippen LogP contribution >= 0.6 is 23.5 Å². The number of methoxy groups -OCH3 is 1. The Morgan fingerprint density at radius 3 is 1.91 bits per heavy atom. The zero-order valence-electron chi connectivity index (χ0n) is 56.0. The first-order chi connectivity index (χ1) is 47.8. The Bertz CT molecular complexity index is 3990. The number of hydrogen-bond acceptors (Lipinski definition) is 15. The van der Waals surface area contributed by atoms with Gasteiger partial charge in [0, 0.05) is 96.0 Å². The molecular formula is C70H86F3N13O12S2. The van der Waals surface area contributed by atoms with Crippen LogP contribution in [-0.2, 0) is 78.7 Å². The lowest BCUT2D eigenvalue weighted by molar-refractivity contribution is -0.147. The van der Waals surface area contributed by atoms with Gasteiger partial charge in [-0.05, 0) is 161 Å². The van der Waals surface area contributed by atoms with Crippen molar-refractivity contribution in [2.24, 2.45) is 11.5 Å². The number of unbranched alkanes of at least 4 members (excludes halogenated alkanes) is 1. The number of rotatable bonds is 13. The zero-order chi connectivity index (χ0) is 71.9. The Balaban J connectivity index is 1.05. The Morgan fingerprint density at radius 2 is 1.28 bits per heavy atom. The van der Waals surface area contributed by atoms with E-state index in [1.54, 1.807) is 30.3 Å². The maximum absolute atomic E-state index is 15.4. The van der Waals surface area contributed by atoms with E-state index < -0.39 is 137 Å². The minimum atomic E-state index is -1.77. The summed E-state index contributed by atoms with van der Waals surface area (Å²) in [6.07, 6.45) is 2.32. The normalized spacial score (nSPS) is 24.6. The van der Waals surface area contributed by atoms with E-state index in [1.165, 1.54) is 122 Å². The largest absolute Gasteiger partial charge is 0.497 e. The number of nitrogens with two attached hydrogens (primary N) is 2. The number of ether oxygens (including phenoxy) is 1. The first-order valence-corrected chi connectivity index (χ1v) is 35.6. The summed E-state index contributed by atoms with van der Waals surface area (Å²) in [5, 5.41) is 31.1. The van der Waals surface area contributed by atoms with E-state index in [1.807, 2.05) is 0 Å². The third kappa shape index (κ3) is 19.0. The summed E-state index contributed by atoms with van der Waals surface area (Å²) in [5.74, 6) is -8.69. The Kier molecular flexibility index (Phi) is 25.7. The summed E-state index contributed by atoms with van der Waals surface area (Å²) >= 11 is 2.52. The minimum absolute atomic E-state index is 0.0259. The van der Waals surface area contributed by atoms with Crippen LogP contribution in [0.4, 0.5) is 13.2 Å². The molecular weight excluding hydrogens is 1340 g/mol. The van der Waals surface area contributed by atoms with E-state index in [4.69, 9.17) is 16.2 Å². The summed E-state index contributed by atoms with van der Waals surface area (Å²) in [6.45, 7) is 4.39. The van der Waals surface area contributed by atoms with Crippen LogP contribution in [0.2, 0.25) is 0 Å². The molecule has 0 saturated carbocycles. The van der Waals surface area contributed by atoms with Crippen molar-refractivity contribution in [2.75, 3.05) is 38.2 Å². The topological polar surface area (TPSA) is 374 Å². The van der Waals surface area contributed by atoms with Crippen molar-refractivity contribution >= 4 is 104 Å². The summed E-state index contributed by atoms with van der Waals surface area (Å²) in [5.41, 5.74) is 13.4. The van der Waals surface area contributed by atoms with Gasteiger partial charge in [0.05, 0.1) is 13.2 Å². The molecule has 0 spiro atoms. The quantitative estimate of drug-likeness (QED) is 0.0737. The second-order valence-corrected chi connectivity index (χ2v) is 27.9. The van der Waals surface area contributed by atoms with Crippen LogP contribution in [0, 0.1) is 17.5 Å². The number of carbonyl (C=O) groups excluding carboxylic acids is 10. The van der Waals surface area contributed by atoms with Gasteiger partial charge in [0.15, 0.2) is 0 Å². The molecule has 10 amide bonds. The number of thioether (sulfide) groups is 2. The van der Waals surface area contributed by atoms with E-state index in [9.17, 15) is 47.4 Å². The predicted molar refractivity (Wildman–Crippen MR) is 371 cm³/mol. The van der Waals surface area contributed by atoms with Gasteiger partial charge in [-0.2, -0.15) is 23.5 Å². The molecule has 25 nitrogen and oxygen atoms in total. The average Bonchev–Trinajstić information content (AvgIpc) is 1.58. The van der Waals surface area contributed by atoms with Crippen molar-refractivity contribution in [3.05, 3.63) is 137 Å². The third-order valence-corrected chi connectivity index (χ3v) is 20.5. The second kappa shape index (κ2) is 34.3. The van der Waals surface area contributed by atoms with Gasteiger partial charge in [0.2, 0.25) is 59.1 Å². The molecule has 6 aromatic rings. The molecule has 0 radical (unpaired) electrons. The van der Waals surface area contributed by atoms with Gasteiger partial charge in [0.1, 0.15) is 77.1 Å². The summed E-state index contributed by atoms with van der Waals surface area (Å²) < 4.78 is 50.5. The molecule has 2 aromatic heterocycles. The van der Waals surface area contributed by atoms with Crippen LogP contribution in [0.15, 0.2) is 91.3 Å². The van der Waals surface area contributed by atoms with Crippen molar-refractivity contribution in [1.82, 2.24) is 57.0 Å². The van der Waals surface area contributed by atoms with Crippen molar-refractivity contribution in [3.8, 4) is 5.75 Å². The van der Waals surface area contributed by atoms with Gasteiger partial charge < -0.3 is 78.3 Å². The van der Waals surface area contributed by atoms with Gasteiger partial charge in [-0.3, -0.25) is 47.9 Å². The van der Waals surface area contributed by atoms with E-state index in [2.05, 4.69) is 47.2 Å². The molecule has 3 aliphatic rings. The molecule has 2 saturated heterocycles. The predicted octanol–water partition coefficient (Wildman–Crippen LogP) is 3.45. The highest BCUT2D eigenvalue weighted by molar-refractivity contribution is 7.98. The first kappa shape index (κ1) is 75.1. The molecule has 5 heterocycles. The highest BCUT2D eigenvalue weighted by atomic mass is 32.2.